The zero-order valence-electron chi connectivity index (χ0n) is 13.3. The maximum Gasteiger partial charge on any atom is 0.231 e. The molecule has 0 bridgehead atoms. The number of hydrogen-bond acceptors (Lipinski definition) is 2. The lowest BCUT2D eigenvalue weighted by molar-refractivity contribution is 0.174. The summed E-state index contributed by atoms with van der Waals surface area (Å²) < 4.78 is 10.7. The van der Waals surface area contributed by atoms with Gasteiger partial charge in [-0.3, -0.25) is 0 Å². The summed E-state index contributed by atoms with van der Waals surface area (Å²) in [5, 5.41) is 0. The van der Waals surface area contributed by atoms with Crippen LogP contribution in [0.4, 0.5) is 0 Å². The first kappa shape index (κ1) is 15.9. The second-order valence-corrected chi connectivity index (χ2v) is 5.78. The van der Waals surface area contributed by atoms with E-state index in [0.29, 0.717) is 6.79 Å². The highest BCUT2D eigenvalue weighted by atomic mass is 16.7. The smallest absolute Gasteiger partial charge is 0.231 e. The fraction of sp³-hybridized carbons (Fsp3) is 0.579. The van der Waals surface area contributed by atoms with E-state index in [1.54, 1.807) is 0 Å². The molecule has 0 aromatic heterocycles. The summed E-state index contributed by atoms with van der Waals surface area (Å²) in [6.07, 6.45) is 16.7. The van der Waals surface area contributed by atoms with Gasteiger partial charge in [-0.25, -0.2) is 0 Å². The molecular formula is C19H28O2. The minimum absolute atomic E-state index is 0.348. The summed E-state index contributed by atoms with van der Waals surface area (Å²) in [4.78, 5) is 0. The van der Waals surface area contributed by atoms with Gasteiger partial charge in [0, 0.05) is 0 Å². The molecule has 1 aliphatic rings. The van der Waals surface area contributed by atoms with Crippen LogP contribution < -0.4 is 9.47 Å². The van der Waals surface area contributed by atoms with Crippen molar-refractivity contribution in [3.63, 3.8) is 0 Å². The van der Waals surface area contributed by atoms with Crippen LogP contribution in [0.15, 0.2) is 24.3 Å². The maximum atomic E-state index is 5.38. The van der Waals surface area contributed by atoms with Gasteiger partial charge in [0.25, 0.3) is 0 Å². The molecule has 21 heavy (non-hydrogen) atoms. The quantitative estimate of drug-likeness (QED) is 0.494. The van der Waals surface area contributed by atoms with Crippen molar-refractivity contribution in [2.75, 3.05) is 6.79 Å². The summed E-state index contributed by atoms with van der Waals surface area (Å²) in [5.74, 6) is 1.72. The fourth-order valence-corrected chi connectivity index (χ4v) is 2.63. The molecule has 116 valence electrons. The molecule has 0 spiro atoms. The van der Waals surface area contributed by atoms with E-state index in [0.717, 1.165) is 11.5 Å². The molecule has 1 heterocycles. The monoisotopic (exact) mass is 288 g/mol. The Balaban J connectivity index is 1.54. The second kappa shape index (κ2) is 9.49. The van der Waals surface area contributed by atoms with Gasteiger partial charge in [-0.1, -0.05) is 70.1 Å². The minimum atomic E-state index is 0.348. The molecule has 0 fully saturated rings. The van der Waals surface area contributed by atoms with Crippen molar-refractivity contribution in [2.45, 2.75) is 64.7 Å². The Kier molecular flexibility index (Phi) is 7.20. The Labute approximate surface area is 129 Å². The first-order valence-corrected chi connectivity index (χ1v) is 8.46. The molecule has 1 aromatic rings. The van der Waals surface area contributed by atoms with Crippen LogP contribution in [0, 0.1) is 0 Å². The number of fused-ring (bicyclic) bond motifs is 1. The zero-order chi connectivity index (χ0) is 14.8. The second-order valence-electron chi connectivity index (χ2n) is 5.78. The Morgan fingerprint density at radius 3 is 2.43 bits per heavy atom. The van der Waals surface area contributed by atoms with Gasteiger partial charge in [0.2, 0.25) is 6.79 Å². The molecule has 0 unspecified atom stereocenters. The average Bonchev–Trinajstić information content (AvgIpc) is 2.97. The van der Waals surface area contributed by atoms with Crippen LogP contribution in [0.3, 0.4) is 0 Å². The molecule has 0 saturated heterocycles. The van der Waals surface area contributed by atoms with Crippen LogP contribution in [-0.2, 0) is 0 Å². The van der Waals surface area contributed by atoms with Gasteiger partial charge in [0.05, 0.1) is 0 Å². The van der Waals surface area contributed by atoms with E-state index in [1.807, 2.05) is 12.1 Å². The maximum absolute atomic E-state index is 5.38. The van der Waals surface area contributed by atoms with Gasteiger partial charge in [-0.15, -0.1) is 0 Å². The molecular weight excluding hydrogens is 260 g/mol. The lowest BCUT2D eigenvalue weighted by Crippen LogP contribution is -1.92. The van der Waals surface area contributed by atoms with E-state index in [9.17, 15) is 0 Å². The van der Waals surface area contributed by atoms with E-state index in [-0.39, 0.29) is 0 Å². The predicted octanol–water partition coefficient (Wildman–Crippen LogP) is 5.96. The number of ether oxygens (including phenoxy) is 2. The Morgan fingerprint density at radius 2 is 1.62 bits per heavy atom. The first-order valence-electron chi connectivity index (χ1n) is 8.46. The number of benzene rings is 1. The Morgan fingerprint density at radius 1 is 0.905 bits per heavy atom. The van der Waals surface area contributed by atoms with E-state index in [4.69, 9.17) is 9.47 Å². The SMILES string of the molecule is CCCCCCCCCCC=Cc1ccc2c(c1)OCO2. The number of unbranched alkanes of at least 4 members (excludes halogenated alkanes) is 8. The lowest BCUT2D eigenvalue weighted by atomic mass is 10.1. The van der Waals surface area contributed by atoms with Gasteiger partial charge in [-0.2, -0.15) is 0 Å². The van der Waals surface area contributed by atoms with Crippen LogP contribution in [0.1, 0.15) is 70.3 Å². The molecule has 2 rings (SSSR count). The van der Waals surface area contributed by atoms with Crippen molar-refractivity contribution in [3.8, 4) is 11.5 Å². The molecule has 0 saturated carbocycles. The van der Waals surface area contributed by atoms with Crippen LogP contribution >= 0.6 is 0 Å². The number of hydrogen-bond donors (Lipinski definition) is 0. The standard InChI is InChI=1S/C19H28O2/c1-2-3-4-5-6-7-8-9-10-11-12-17-13-14-18-19(15-17)21-16-20-18/h11-15H,2-10,16H2,1H3. The summed E-state index contributed by atoms with van der Waals surface area (Å²) >= 11 is 0. The van der Waals surface area contributed by atoms with E-state index < -0.39 is 0 Å². The van der Waals surface area contributed by atoms with Gasteiger partial charge in [-0.05, 0) is 30.5 Å². The molecule has 0 atom stereocenters. The molecule has 1 aliphatic heterocycles. The highest BCUT2D eigenvalue weighted by Crippen LogP contribution is 2.32. The van der Waals surface area contributed by atoms with Gasteiger partial charge in [0.15, 0.2) is 11.5 Å². The highest BCUT2D eigenvalue weighted by molar-refractivity contribution is 5.56. The van der Waals surface area contributed by atoms with Crippen molar-refractivity contribution in [1.82, 2.24) is 0 Å². The van der Waals surface area contributed by atoms with Gasteiger partial charge >= 0.3 is 0 Å². The van der Waals surface area contributed by atoms with Crippen LogP contribution in [0.2, 0.25) is 0 Å². The largest absolute Gasteiger partial charge is 0.454 e. The molecule has 0 aliphatic carbocycles. The summed E-state index contributed by atoms with van der Waals surface area (Å²) in [7, 11) is 0. The highest BCUT2D eigenvalue weighted by Gasteiger charge is 2.11. The normalized spacial score (nSPS) is 13.2. The van der Waals surface area contributed by atoms with Crippen molar-refractivity contribution >= 4 is 6.08 Å². The van der Waals surface area contributed by atoms with Crippen molar-refractivity contribution in [1.29, 1.82) is 0 Å². The van der Waals surface area contributed by atoms with Gasteiger partial charge < -0.3 is 9.47 Å². The average molecular weight is 288 g/mol. The summed E-state index contributed by atoms with van der Waals surface area (Å²) in [5.41, 5.74) is 1.19. The Hall–Kier alpha value is -1.44. The first-order chi connectivity index (χ1) is 10.4. The molecule has 2 nitrogen and oxygen atoms in total. The fourth-order valence-electron chi connectivity index (χ4n) is 2.63. The predicted molar refractivity (Wildman–Crippen MR) is 88.8 cm³/mol. The Bertz CT molecular complexity index is 437. The van der Waals surface area contributed by atoms with E-state index in [1.165, 1.54) is 63.4 Å². The summed E-state index contributed by atoms with van der Waals surface area (Å²) in [6, 6.07) is 6.11. The van der Waals surface area contributed by atoms with Crippen LogP contribution in [-0.4, -0.2) is 6.79 Å². The minimum Gasteiger partial charge on any atom is -0.454 e. The number of rotatable bonds is 10. The molecule has 0 N–H and O–H groups in total. The summed E-state index contributed by atoms with van der Waals surface area (Å²) in [6.45, 7) is 2.62. The van der Waals surface area contributed by atoms with Gasteiger partial charge in [0.1, 0.15) is 0 Å². The topological polar surface area (TPSA) is 18.5 Å². The van der Waals surface area contributed by atoms with Crippen LogP contribution in [0.25, 0.3) is 6.08 Å². The zero-order valence-corrected chi connectivity index (χ0v) is 13.3. The van der Waals surface area contributed by atoms with E-state index in [2.05, 4.69) is 25.1 Å². The van der Waals surface area contributed by atoms with E-state index >= 15 is 0 Å². The number of allylic oxidation sites excluding steroid dienone is 1. The third-order valence-electron chi connectivity index (χ3n) is 3.93. The molecule has 0 amide bonds. The molecule has 0 radical (unpaired) electrons. The van der Waals surface area contributed by atoms with Crippen molar-refractivity contribution < 1.29 is 9.47 Å². The van der Waals surface area contributed by atoms with Crippen LogP contribution in [0.5, 0.6) is 11.5 Å². The lowest BCUT2D eigenvalue weighted by Gasteiger charge is -2.00. The third-order valence-corrected chi connectivity index (χ3v) is 3.93. The molecule has 1 aromatic carbocycles. The van der Waals surface area contributed by atoms with Crippen molar-refractivity contribution in [3.05, 3.63) is 29.8 Å². The van der Waals surface area contributed by atoms with Crippen molar-refractivity contribution in [2.24, 2.45) is 0 Å². The third kappa shape index (κ3) is 5.82. The molecule has 2 heteroatoms.